The van der Waals surface area contributed by atoms with Crippen molar-refractivity contribution < 1.29 is 23.8 Å². The molecule has 1 amide bonds. The summed E-state index contributed by atoms with van der Waals surface area (Å²) in [5, 5.41) is 2.97. The van der Waals surface area contributed by atoms with Gasteiger partial charge in [-0.25, -0.2) is 0 Å². The van der Waals surface area contributed by atoms with E-state index in [0.717, 1.165) is 15.6 Å². The van der Waals surface area contributed by atoms with Crippen molar-refractivity contribution >= 4 is 27.6 Å². The molecule has 7 heteroatoms. The van der Waals surface area contributed by atoms with Gasteiger partial charge < -0.3 is 19.5 Å². The highest BCUT2D eigenvalue weighted by Crippen LogP contribution is 2.46. The van der Waals surface area contributed by atoms with Crippen LogP contribution in [0.3, 0.4) is 0 Å². The smallest absolute Gasteiger partial charge is 0.225 e. The van der Waals surface area contributed by atoms with Gasteiger partial charge in [-0.2, -0.15) is 0 Å². The number of halogens is 1. The summed E-state index contributed by atoms with van der Waals surface area (Å²) < 4.78 is 17.5. The summed E-state index contributed by atoms with van der Waals surface area (Å²) in [4.78, 5) is 26.0. The van der Waals surface area contributed by atoms with Crippen molar-refractivity contribution in [3.63, 3.8) is 0 Å². The summed E-state index contributed by atoms with van der Waals surface area (Å²) in [6, 6.07) is 11.4. The van der Waals surface area contributed by atoms with Crippen molar-refractivity contribution in [3.8, 4) is 17.2 Å². The maximum Gasteiger partial charge on any atom is 0.225 e. The second kappa shape index (κ2) is 9.36. The number of benzene rings is 2. The van der Waals surface area contributed by atoms with Crippen molar-refractivity contribution in [3.05, 3.63) is 63.3 Å². The van der Waals surface area contributed by atoms with Crippen LogP contribution in [0.25, 0.3) is 0 Å². The fourth-order valence-corrected chi connectivity index (χ4v) is 5.03. The molecule has 0 saturated carbocycles. The van der Waals surface area contributed by atoms with Gasteiger partial charge in [0.15, 0.2) is 17.3 Å². The third kappa shape index (κ3) is 4.26. The van der Waals surface area contributed by atoms with Gasteiger partial charge in [-0.3, -0.25) is 9.59 Å². The Kier molecular flexibility index (Phi) is 6.55. The van der Waals surface area contributed by atoms with Gasteiger partial charge in [0.05, 0.1) is 20.8 Å². The molecule has 2 aliphatic rings. The fourth-order valence-electron chi connectivity index (χ4n) is 4.65. The van der Waals surface area contributed by atoms with E-state index in [1.807, 2.05) is 43.3 Å². The zero-order valence-corrected chi connectivity index (χ0v) is 20.0. The molecule has 32 heavy (non-hydrogen) atoms. The van der Waals surface area contributed by atoms with Gasteiger partial charge in [-0.15, -0.1) is 0 Å². The number of allylic oxidation sites excluding steroid dienone is 2. The standard InChI is InChI=1S/C25H26BrNO5/c1-4-32-22-7-5-14(11-23(22)31-3)15-9-19-25(20(28)10-15)18(13-24(29)27-19)17-12-16(26)6-8-21(17)30-2/h5-8,11-12,15,18H,4,9-10,13H2,1-3H3,(H,27,29). The summed E-state index contributed by atoms with van der Waals surface area (Å²) >= 11 is 3.50. The van der Waals surface area contributed by atoms with Gasteiger partial charge in [0.1, 0.15) is 5.75 Å². The summed E-state index contributed by atoms with van der Waals surface area (Å²) in [5.74, 6) is 1.58. The summed E-state index contributed by atoms with van der Waals surface area (Å²) in [6.45, 7) is 2.46. The van der Waals surface area contributed by atoms with E-state index in [9.17, 15) is 9.59 Å². The molecule has 168 valence electrons. The molecule has 0 radical (unpaired) electrons. The van der Waals surface area contributed by atoms with Gasteiger partial charge >= 0.3 is 0 Å². The molecule has 1 aliphatic heterocycles. The third-order valence-electron chi connectivity index (χ3n) is 6.06. The van der Waals surface area contributed by atoms with Crippen LogP contribution in [0.15, 0.2) is 52.1 Å². The van der Waals surface area contributed by atoms with E-state index < -0.39 is 0 Å². The van der Waals surface area contributed by atoms with E-state index in [-0.39, 0.29) is 29.9 Å². The summed E-state index contributed by atoms with van der Waals surface area (Å²) in [5.41, 5.74) is 3.23. The summed E-state index contributed by atoms with van der Waals surface area (Å²) in [7, 11) is 3.20. The monoisotopic (exact) mass is 499 g/mol. The molecule has 4 rings (SSSR count). The van der Waals surface area contributed by atoms with Crippen molar-refractivity contribution in [2.45, 2.75) is 38.0 Å². The molecule has 2 atom stereocenters. The molecule has 0 aromatic heterocycles. The average Bonchev–Trinajstić information content (AvgIpc) is 2.78. The number of carbonyl (C=O) groups excluding carboxylic acids is 2. The molecule has 2 aromatic rings. The molecule has 2 aromatic carbocycles. The maximum atomic E-state index is 13.4. The number of hydrogen-bond donors (Lipinski definition) is 1. The fraction of sp³-hybridized carbons (Fsp3) is 0.360. The zero-order chi connectivity index (χ0) is 22.8. The predicted molar refractivity (Wildman–Crippen MR) is 124 cm³/mol. The van der Waals surface area contributed by atoms with Crippen molar-refractivity contribution in [1.82, 2.24) is 5.32 Å². The molecular formula is C25H26BrNO5. The Bertz CT molecular complexity index is 1090. The lowest BCUT2D eigenvalue weighted by Gasteiger charge is -2.35. The number of ether oxygens (including phenoxy) is 3. The minimum absolute atomic E-state index is 0.0470. The Morgan fingerprint density at radius 1 is 0.969 bits per heavy atom. The second-order valence-corrected chi connectivity index (χ2v) is 8.87. The van der Waals surface area contributed by atoms with Crippen LogP contribution in [0.5, 0.6) is 17.2 Å². The molecule has 1 aliphatic carbocycles. The largest absolute Gasteiger partial charge is 0.496 e. The molecule has 0 bridgehead atoms. The number of carbonyl (C=O) groups is 2. The lowest BCUT2D eigenvalue weighted by atomic mass is 9.73. The van der Waals surface area contributed by atoms with Crippen LogP contribution in [-0.4, -0.2) is 32.5 Å². The molecule has 0 spiro atoms. The third-order valence-corrected chi connectivity index (χ3v) is 6.56. The first-order valence-electron chi connectivity index (χ1n) is 10.6. The Balaban J connectivity index is 1.71. The molecule has 2 unspecified atom stereocenters. The van der Waals surface area contributed by atoms with Gasteiger partial charge in [0.25, 0.3) is 0 Å². The van der Waals surface area contributed by atoms with Crippen LogP contribution >= 0.6 is 15.9 Å². The molecule has 6 nitrogen and oxygen atoms in total. The zero-order valence-electron chi connectivity index (χ0n) is 18.4. The van der Waals surface area contributed by atoms with Crippen molar-refractivity contribution in [1.29, 1.82) is 0 Å². The highest BCUT2D eigenvalue weighted by Gasteiger charge is 2.39. The van der Waals surface area contributed by atoms with Crippen LogP contribution in [0.1, 0.15) is 49.1 Å². The number of hydrogen-bond acceptors (Lipinski definition) is 5. The van der Waals surface area contributed by atoms with E-state index in [2.05, 4.69) is 21.2 Å². The van der Waals surface area contributed by atoms with E-state index in [4.69, 9.17) is 14.2 Å². The van der Waals surface area contributed by atoms with E-state index in [1.165, 1.54) is 0 Å². The molecule has 0 fully saturated rings. The number of Topliss-reactive ketones (excluding diaryl/α,β-unsaturated/α-hetero) is 1. The van der Waals surface area contributed by atoms with E-state index >= 15 is 0 Å². The Morgan fingerprint density at radius 2 is 1.72 bits per heavy atom. The number of rotatable bonds is 6. The second-order valence-electron chi connectivity index (χ2n) is 7.96. The van der Waals surface area contributed by atoms with Crippen LogP contribution in [-0.2, 0) is 9.59 Å². The lowest BCUT2D eigenvalue weighted by Crippen LogP contribution is -2.38. The van der Waals surface area contributed by atoms with E-state index in [0.29, 0.717) is 48.0 Å². The molecule has 1 N–H and O–H groups in total. The SMILES string of the molecule is CCOc1ccc(C2CC(=O)C3=C(C2)NC(=O)CC3c2cc(Br)ccc2OC)cc1OC. The lowest BCUT2D eigenvalue weighted by molar-refractivity contribution is -0.122. The first kappa shape index (κ1) is 22.4. The average molecular weight is 500 g/mol. The first-order valence-corrected chi connectivity index (χ1v) is 11.4. The number of amides is 1. The Morgan fingerprint density at radius 3 is 2.44 bits per heavy atom. The van der Waals surface area contributed by atoms with Crippen LogP contribution in [0.2, 0.25) is 0 Å². The molecule has 0 saturated heterocycles. The van der Waals surface area contributed by atoms with E-state index in [1.54, 1.807) is 14.2 Å². The predicted octanol–water partition coefficient (Wildman–Crippen LogP) is 4.87. The maximum absolute atomic E-state index is 13.4. The minimum atomic E-state index is -0.325. The highest BCUT2D eigenvalue weighted by molar-refractivity contribution is 9.10. The number of nitrogens with one attached hydrogen (secondary N) is 1. The van der Waals surface area contributed by atoms with Gasteiger partial charge in [0.2, 0.25) is 5.91 Å². The number of ketones is 1. The first-order chi connectivity index (χ1) is 15.4. The Labute approximate surface area is 196 Å². The van der Waals surface area contributed by atoms with Gasteiger partial charge in [0, 0.05) is 40.1 Å². The van der Waals surface area contributed by atoms with Crippen molar-refractivity contribution in [2.24, 2.45) is 0 Å². The Hall–Kier alpha value is -2.80. The van der Waals surface area contributed by atoms with Crippen LogP contribution < -0.4 is 19.5 Å². The summed E-state index contributed by atoms with van der Waals surface area (Å²) in [6.07, 6.45) is 1.17. The van der Waals surface area contributed by atoms with Gasteiger partial charge in [-0.05, 0) is 55.2 Å². The van der Waals surface area contributed by atoms with Crippen LogP contribution in [0.4, 0.5) is 0 Å². The van der Waals surface area contributed by atoms with Crippen molar-refractivity contribution in [2.75, 3.05) is 20.8 Å². The highest BCUT2D eigenvalue weighted by atomic mass is 79.9. The number of methoxy groups -OCH3 is 2. The quantitative estimate of drug-likeness (QED) is 0.613. The minimum Gasteiger partial charge on any atom is -0.496 e. The topological polar surface area (TPSA) is 73.9 Å². The molecule has 1 heterocycles. The van der Waals surface area contributed by atoms with Crippen LogP contribution in [0, 0.1) is 0 Å². The van der Waals surface area contributed by atoms with Gasteiger partial charge in [-0.1, -0.05) is 22.0 Å². The molecular weight excluding hydrogens is 474 g/mol. The normalized spacial score (nSPS) is 20.5.